The second kappa shape index (κ2) is 4.99. The van der Waals surface area contributed by atoms with Crippen LogP contribution in [0.5, 0.6) is 0 Å². The fourth-order valence-corrected chi connectivity index (χ4v) is 3.24. The van der Waals surface area contributed by atoms with Gasteiger partial charge in [0.15, 0.2) is 0 Å². The Kier molecular flexibility index (Phi) is 3.33. The number of benzene rings is 1. The molecule has 0 bridgehead atoms. The lowest BCUT2D eigenvalue weighted by molar-refractivity contribution is 0.234. The molecule has 0 aliphatic carbocycles. The normalized spacial score (nSPS) is 17.2. The first-order chi connectivity index (χ1) is 9.15. The van der Waals surface area contributed by atoms with Gasteiger partial charge in [-0.3, -0.25) is 4.90 Å². The molecule has 102 valence electrons. The fourth-order valence-electron chi connectivity index (χ4n) is 3.24. The molecule has 0 amide bonds. The van der Waals surface area contributed by atoms with E-state index in [-0.39, 0.29) is 0 Å². The van der Waals surface area contributed by atoms with Crippen LogP contribution >= 0.6 is 0 Å². The second-order valence-corrected chi connectivity index (χ2v) is 5.77. The van der Waals surface area contributed by atoms with Crippen LogP contribution in [0, 0.1) is 13.8 Å². The number of rotatable bonds is 2. The molecule has 0 spiro atoms. The fraction of sp³-hybridized carbons (Fsp3) is 0.500. The zero-order chi connectivity index (χ0) is 13.4. The van der Waals surface area contributed by atoms with E-state index in [2.05, 4.69) is 54.0 Å². The van der Waals surface area contributed by atoms with E-state index in [0.717, 1.165) is 32.7 Å². The lowest BCUT2D eigenvalue weighted by Gasteiger charge is -2.27. The van der Waals surface area contributed by atoms with Gasteiger partial charge in [-0.15, -0.1) is 0 Å². The lowest BCUT2D eigenvalue weighted by atomic mass is 10.0. The van der Waals surface area contributed by atoms with Crippen molar-refractivity contribution in [1.29, 1.82) is 0 Å². The molecule has 1 aromatic carbocycles. The van der Waals surface area contributed by atoms with Gasteiger partial charge in [0.25, 0.3) is 0 Å². The van der Waals surface area contributed by atoms with E-state index < -0.39 is 0 Å². The third kappa shape index (κ3) is 2.40. The van der Waals surface area contributed by atoms with E-state index in [9.17, 15) is 0 Å². The van der Waals surface area contributed by atoms with Gasteiger partial charge >= 0.3 is 0 Å². The zero-order valence-corrected chi connectivity index (χ0v) is 12.2. The molecule has 2 heterocycles. The van der Waals surface area contributed by atoms with E-state index in [1.807, 2.05) is 0 Å². The first-order valence-corrected chi connectivity index (χ1v) is 7.13. The highest BCUT2D eigenvalue weighted by atomic mass is 15.2. The Bertz CT molecular complexity index is 592. The van der Waals surface area contributed by atoms with Crippen LogP contribution in [0.25, 0.3) is 10.9 Å². The third-order valence-electron chi connectivity index (χ3n) is 4.11. The molecule has 2 aromatic rings. The molecule has 0 atom stereocenters. The van der Waals surface area contributed by atoms with Crippen molar-refractivity contribution in [2.24, 2.45) is 7.05 Å². The largest absolute Gasteiger partial charge is 0.350 e. The zero-order valence-electron chi connectivity index (χ0n) is 12.2. The smallest absolute Gasteiger partial charge is 0.0486 e. The van der Waals surface area contributed by atoms with Crippen LogP contribution in [-0.4, -0.2) is 35.6 Å². The number of hydrogen-bond donors (Lipinski definition) is 1. The van der Waals surface area contributed by atoms with Gasteiger partial charge in [0.2, 0.25) is 0 Å². The van der Waals surface area contributed by atoms with Crippen molar-refractivity contribution in [3.8, 4) is 0 Å². The summed E-state index contributed by atoms with van der Waals surface area (Å²) in [7, 11) is 2.16. The van der Waals surface area contributed by atoms with Crippen LogP contribution in [0.3, 0.4) is 0 Å². The Hall–Kier alpha value is -1.32. The minimum Gasteiger partial charge on any atom is -0.350 e. The van der Waals surface area contributed by atoms with Crippen molar-refractivity contribution in [2.75, 3.05) is 26.2 Å². The first kappa shape index (κ1) is 12.7. The molecule has 1 N–H and O–H groups in total. The van der Waals surface area contributed by atoms with E-state index >= 15 is 0 Å². The number of aromatic nitrogens is 1. The van der Waals surface area contributed by atoms with Gasteiger partial charge in [0.1, 0.15) is 0 Å². The molecule has 1 saturated heterocycles. The molecule has 0 unspecified atom stereocenters. The van der Waals surface area contributed by atoms with Gasteiger partial charge in [0, 0.05) is 56.9 Å². The highest BCUT2D eigenvalue weighted by Gasteiger charge is 2.15. The predicted molar refractivity (Wildman–Crippen MR) is 80.5 cm³/mol. The van der Waals surface area contributed by atoms with Gasteiger partial charge in [-0.1, -0.05) is 6.07 Å². The summed E-state index contributed by atoms with van der Waals surface area (Å²) in [6.45, 7) is 10.0. The van der Waals surface area contributed by atoms with Crippen molar-refractivity contribution in [2.45, 2.75) is 20.4 Å². The quantitative estimate of drug-likeness (QED) is 0.890. The summed E-state index contributed by atoms with van der Waals surface area (Å²) in [6, 6.07) is 4.59. The summed E-state index contributed by atoms with van der Waals surface area (Å²) in [5.41, 5.74) is 5.58. The Labute approximate surface area is 115 Å². The summed E-state index contributed by atoms with van der Waals surface area (Å²) in [6.07, 6.45) is 2.30. The Morgan fingerprint density at radius 1 is 1.16 bits per heavy atom. The van der Waals surface area contributed by atoms with Crippen LogP contribution < -0.4 is 5.32 Å². The van der Waals surface area contributed by atoms with Crippen molar-refractivity contribution < 1.29 is 0 Å². The maximum atomic E-state index is 3.41. The summed E-state index contributed by atoms with van der Waals surface area (Å²) >= 11 is 0. The Morgan fingerprint density at radius 3 is 2.63 bits per heavy atom. The summed E-state index contributed by atoms with van der Waals surface area (Å²) < 4.78 is 2.27. The van der Waals surface area contributed by atoms with Crippen molar-refractivity contribution in [1.82, 2.24) is 14.8 Å². The summed E-state index contributed by atoms with van der Waals surface area (Å²) in [5, 5.41) is 4.87. The maximum absolute atomic E-state index is 3.41. The van der Waals surface area contributed by atoms with Gasteiger partial charge in [-0.05, 0) is 36.6 Å². The molecule has 1 aromatic heterocycles. The number of piperazine rings is 1. The minimum atomic E-state index is 1.07. The molecule has 0 saturated carbocycles. The van der Waals surface area contributed by atoms with Crippen LogP contribution in [0.4, 0.5) is 0 Å². The highest BCUT2D eigenvalue weighted by molar-refractivity contribution is 5.87. The Balaban J connectivity index is 1.99. The van der Waals surface area contributed by atoms with Crippen LogP contribution in [-0.2, 0) is 13.6 Å². The third-order valence-corrected chi connectivity index (χ3v) is 4.11. The van der Waals surface area contributed by atoms with Gasteiger partial charge in [-0.2, -0.15) is 0 Å². The topological polar surface area (TPSA) is 20.2 Å². The van der Waals surface area contributed by atoms with Crippen LogP contribution in [0.2, 0.25) is 0 Å². The number of nitrogens with one attached hydrogen (secondary N) is 1. The standard InChI is InChI=1S/C16H23N3/c1-12-8-13(2)16-14(10-18(3)15(16)9-12)11-19-6-4-17-5-7-19/h8-10,17H,4-7,11H2,1-3H3. The van der Waals surface area contributed by atoms with Gasteiger partial charge in [0.05, 0.1) is 0 Å². The van der Waals surface area contributed by atoms with E-state index in [1.165, 1.54) is 27.6 Å². The summed E-state index contributed by atoms with van der Waals surface area (Å²) in [5.74, 6) is 0. The molecule has 0 radical (unpaired) electrons. The number of aryl methyl sites for hydroxylation is 3. The van der Waals surface area contributed by atoms with Crippen LogP contribution in [0.15, 0.2) is 18.3 Å². The molecule has 1 fully saturated rings. The molecule has 1 aliphatic heterocycles. The van der Waals surface area contributed by atoms with Gasteiger partial charge in [-0.25, -0.2) is 0 Å². The monoisotopic (exact) mass is 257 g/mol. The van der Waals surface area contributed by atoms with Crippen molar-refractivity contribution in [3.05, 3.63) is 35.0 Å². The first-order valence-electron chi connectivity index (χ1n) is 7.13. The minimum absolute atomic E-state index is 1.07. The molecule has 3 nitrogen and oxygen atoms in total. The van der Waals surface area contributed by atoms with E-state index in [0.29, 0.717) is 0 Å². The van der Waals surface area contributed by atoms with Crippen LogP contribution in [0.1, 0.15) is 16.7 Å². The average Bonchev–Trinajstić information content (AvgIpc) is 2.67. The number of hydrogen-bond acceptors (Lipinski definition) is 2. The molecule has 3 heteroatoms. The van der Waals surface area contributed by atoms with Gasteiger partial charge < -0.3 is 9.88 Å². The predicted octanol–water partition coefficient (Wildman–Crippen LogP) is 2.20. The highest BCUT2D eigenvalue weighted by Crippen LogP contribution is 2.26. The van der Waals surface area contributed by atoms with Crippen molar-refractivity contribution >= 4 is 10.9 Å². The number of nitrogens with zero attached hydrogens (tertiary/aromatic N) is 2. The second-order valence-electron chi connectivity index (χ2n) is 5.77. The molecule has 1 aliphatic rings. The number of fused-ring (bicyclic) bond motifs is 1. The molecule has 3 rings (SSSR count). The van der Waals surface area contributed by atoms with E-state index in [4.69, 9.17) is 0 Å². The molecule has 19 heavy (non-hydrogen) atoms. The lowest BCUT2D eigenvalue weighted by Crippen LogP contribution is -2.42. The molecular weight excluding hydrogens is 234 g/mol. The van der Waals surface area contributed by atoms with Crippen molar-refractivity contribution in [3.63, 3.8) is 0 Å². The summed E-state index contributed by atoms with van der Waals surface area (Å²) in [4.78, 5) is 2.55. The molecular formula is C16H23N3. The Morgan fingerprint density at radius 2 is 1.89 bits per heavy atom. The maximum Gasteiger partial charge on any atom is 0.0486 e. The average molecular weight is 257 g/mol. The SMILES string of the molecule is Cc1cc(C)c2c(CN3CCNCC3)cn(C)c2c1. The van der Waals surface area contributed by atoms with E-state index in [1.54, 1.807) is 0 Å².